The van der Waals surface area contributed by atoms with Gasteiger partial charge in [0.1, 0.15) is 5.56 Å². The molecule has 0 saturated carbocycles. The Morgan fingerprint density at radius 1 is 1.53 bits per heavy atom. The van der Waals surface area contributed by atoms with Crippen LogP contribution in [0.1, 0.15) is 5.56 Å². The lowest BCUT2D eigenvalue weighted by Crippen LogP contribution is -1.97. The van der Waals surface area contributed by atoms with E-state index in [-0.39, 0.29) is 11.2 Å². The van der Waals surface area contributed by atoms with E-state index in [9.17, 15) is 4.79 Å². The van der Waals surface area contributed by atoms with Crippen molar-refractivity contribution in [3.8, 4) is 17.7 Å². The Morgan fingerprint density at radius 2 is 2.27 bits per heavy atom. The van der Waals surface area contributed by atoms with Crippen molar-refractivity contribution >= 4 is 17.6 Å². The summed E-state index contributed by atoms with van der Waals surface area (Å²) in [4.78, 5) is 18.2. The molecule has 1 heterocycles. The predicted molar refractivity (Wildman–Crippen MR) is 52.5 cm³/mol. The van der Waals surface area contributed by atoms with E-state index in [2.05, 4.69) is 26.5 Å². The molecule has 15 heavy (non-hydrogen) atoms. The van der Waals surface area contributed by atoms with E-state index in [4.69, 9.17) is 16.3 Å². The summed E-state index contributed by atoms with van der Waals surface area (Å²) >= 11 is 5.54. The largest absolute Gasteiger partial charge is 0.480 e. The maximum Gasteiger partial charge on any atom is 0.384 e. The first kappa shape index (κ1) is 11.3. The Labute approximate surface area is 91.4 Å². The first-order valence-electron chi connectivity index (χ1n) is 3.84. The first-order chi connectivity index (χ1) is 7.17. The van der Waals surface area contributed by atoms with Crippen molar-refractivity contribution in [1.82, 2.24) is 9.97 Å². The molecule has 1 aromatic heterocycles. The molecule has 0 aliphatic heterocycles. The number of aromatic nitrogens is 2. The van der Waals surface area contributed by atoms with Gasteiger partial charge in [-0.15, -0.1) is 0 Å². The van der Waals surface area contributed by atoms with Gasteiger partial charge in [-0.25, -0.2) is 9.78 Å². The topological polar surface area (TPSA) is 61.3 Å². The SMILES string of the molecule is COC(=O)C#Cc1cnc(Cl)nc1OC. The van der Waals surface area contributed by atoms with Gasteiger partial charge in [-0.05, 0) is 17.5 Å². The Morgan fingerprint density at radius 3 is 2.87 bits per heavy atom. The maximum atomic E-state index is 10.7. The minimum absolute atomic E-state index is 0.0514. The fourth-order valence-electron chi connectivity index (χ4n) is 0.757. The number of halogens is 1. The number of hydrogen-bond acceptors (Lipinski definition) is 5. The molecule has 5 nitrogen and oxygen atoms in total. The summed E-state index contributed by atoms with van der Waals surface area (Å²) in [5.41, 5.74) is 0.368. The van der Waals surface area contributed by atoms with E-state index >= 15 is 0 Å². The molecule has 0 aliphatic carbocycles. The van der Waals surface area contributed by atoms with E-state index in [1.165, 1.54) is 20.4 Å². The van der Waals surface area contributed by atoms with Crippen LogP contribution < -0.4 is 4.74 Å². The fraction of sp³-hybridized carbons (Fsp3) is 0.222. The highest BCUT2D eigenvalue weighted by Gasteiger charge is 2.04. The molecule has 0 N–H and O–H groups in total. The van der Waals surface area contributed by atoms with Crippen molar-refractivity contribution in [3.63, 3.8) is 0 Å². The predicted octanol–water partition coefficient (Wildman–Crippen LogP) is 0.663. The molecule has 0 bridgehead atoms. The van der Waals surface area contributed by atoms with Gasteiger partial charge in [-0.2, -0.15) is 4.98 Å². The normalized spacial score (nSPS) is 8.73. The van der Waals surface area contributed by atoms with E-state index in [0.717, 1.165) is 0 Å². The smallest absolute Gasteiger partial charge is 0.384 e. The van der Waals surface area contributed by atoms with Gasteiger partial charge in [0.15, 0.2) is 0 Å². The number of ether oxygens (including phenoxy) is 2. The Kier molecular flexibility index (Phi) is 3.89. The zero-order valence-electron chi connectivity index (χ0n) is 8.07. The summed E-state index contributed by atoms with van der Waals surface area (Å²) in [6.45, 7) is 0. The van der Waals surface area contributed by atoms with Gasteiger partial charge in [0.2, 0.25) is 11.2 Å². The van der Waals surface area contributed by atoms with Gasteiger partial charge in [0.25, 0.3) is 0 Å². The van der Waals surface area contributed by atoms with Crippen LogP contribution in [0.5, 0.6) is 5.88 Å². The van der Waals surface area contributed by atoms with Crippen molar-refractivity contribution in [2.45, 2.75) is 0 Å². The molecule has 6 heteroatoms. The molecule has 0 saturated heterocycles. The number of nitrogens with zero attached hydrogens (tertiary/aromatic N) is 2. The van der Waals surface area contributed by atoms with E-state index < -0.39 is 5.97 Å². The van der Waals surface area contributed by atoms with E-state index in [1.54, 1.807) is 0 Å². The Hall–Kier alpha value is -1.80. The second-order valence-electron chi connectivity index (χ2n) is 2.30. The van der Waals surface area contributed by atoms with Crippen molar-refractivity contribution in [2.75, 3.05) is 14.2 Å². The van der Waals surface area contributed by atoms with Gasteiger partial charge >= 0.3 is 5.97 Å². The van der Waals surface area contributed by atoms with E-state index in [1.807, 2.05) is 0 Å². The molecule has 0 aromatic carbocycles. The third-order valence-electron chi connectivity index (χ3n) is 1.40. The van der Waals surface area contributed by atoms with Crippen molar-refractivity contribution < 1.29 is 14.3 Å². The van der Waals surface area contributed by atoms with Crippen LogP contribution in [0.4, 0.5) is 0 Å². The fourth-order valence-corrected chi connectivity index (χ4v) is 0.882. The summed E-state index contributed by atoms with van der Waals surface area (Å²) in [5.74, 6) is 4.31. The molecule has 0 aliphatic rings. The van der Waals surface area contributed by atoms with Crippen LogP contribution in [0.3, 0.4) is 0 Å². The summed E-state index contributed by atoms with van der Waals surface area (Å²) in [6.07, 6.45) is 1.37. The number of carbonyl (C=O) groups excluding carboxylic acids is 1. The third kappa shape index (κ3) is 3.11. The molecule has 0 spiro atoms. The van der Waals surface area contributed by atoms with Crippen molar-refractivity contribution in [2.24, 2.45) is 0 Å². The summed E-state index contributed by atoms with van der Waals surface area (Å²) in [5, 5.41) is 0.0514. The van der Waals surface area contributed by atoms with Crippen LogP contribution in [0.2, 0.25) is 5.28 Å². The van der Waals surface area contributed by atoms with Crippen LogP contribution in [0.15, 0.2) is 6.20 Å². The highest BCUT2D eigenvalue weighted by Crippen LogP contribution is 2.14. The Balaban J connectivity index is 3.02. The zero-order valence-corrected chi connectivity index (χ0v) is 8.83. The number of methoxy groups -OCH3 is 2. The second-order valence-corrected chi connectivity index (χ2v) is 2.64. The third-order valence-corrected chi connectivity index (χ3v) is 1.58. The summed E-state index contributed by atoms with van der Waals surface area (Å²) in [6, 6.07) is 0. The van der Waals surface area contributed by atoms with Gasteiger partial charge in [-0.3, -0.25) is 0 Å². The van der Waals surface area contributed by atoms with Crippen LogP contribution in [-0.4, -0.2) is 30.2 Å². The number of carbonyl (C=O) groups is 1. The minimum atomic E-state index is -0.646. The average molecular weight is 227 g/mol. The van der Waals surface area contributed by atoms with Gasteiger partial charge < -0.3 is 9.47 Å². The highest BCUT2D eigenvalue weighted by atomic mass is 35.5. The van der Waals surface area contributed by atoms with Gasteiger partial charge in [0.05, 0.1) is 20.4 Å². The lowest BCUT2D eigenvalue weighted by molar-refractivity contribution is -0.133. The molecule has 0 radical (unpaired) electrons. The minimum Gasteiger partial charge on any atom is -0.480 e. The number of esters is 1. The van der Waals surface area contributed by atoms with Crippen LogP contribution in [0, 0.1) is 11.8 Å². The zero-order chi connectivity index (χ0) is 11.3. The van der Waals surface area contributed by atoms with Gasteiger partial charge in [0, 0.05) is 5.92 Å². The summed E-state index contributed by atoms with van der Waals surface area (Å²) < 4.78 is 9.25. The highest BCUT2D eigenvalue weighted by molar-refractivity contribution is 6.28. The van der Waals surface area contributed by atoms with Crippen LogP contribution >= 0.6 is 11.6 Å². The van der Waals surface area contributed by atoms with Crippen molar-refractivity contribution in [3.05, 3.63) is 17.0 Å². The van der Waals surface area contributed by atoms with Crippen molar-refractivity contribution in [1.29, 1.82) is 0 Å². The maximum absolute atomic E-state index is 10.7. The molecule has 1 rings (SSSR count). The molecule has 0 amide bonds. The average Bonchev–Trinajstić information content (AvgIpc) is 2.26. The molecular formula is C9H7ClN2O3. The lowest BCUT2D eigenvalue weighted by Gasteiger charge is -2.00. The molecular weight excluding hydrogens is 220 g/mol. The second kappa shape index (κ2) is 5.17. The van der Waals surface area contributed by atoms with E-state index in [0.29, 0.717) is 5.56 Å². The quantitative estimate of drug-likeness (QED) is 0.400. The lowest BCUT2D eigenvalue weighted by atomic mass is 10.3. The number of hydrogen-bond donors (Lipinski definition) is 0. The summed E-state index contributed by atoms with van der Waals surface area (Å²) in [7, 11) is 2.66. The molecule has 0 fully saturated rings. The molecule has 78 valence electrons. The molecule has 0 unspecified atom stereocenters. The first-order valence-corrected chi connectivity index (χ1v) is 4.21. The Bertz CT molecular complexity index is 437. The van der Waals surface area contributed by atoms with Crippen LogP contribution in [-0.2, 0) is 9.53 Å². The van der Waals surface area contributed by atoms with Gasteiger partial charge in [-0.1, -0.05) is 0 Å². The molecule has 1 aromatic rings. The molecule has 0 atom stereocenters. The van der Waals surface area contributed by atoms with Crippen LogP contribution in [0.25, 0.3) is 0 Å². The number of rotatable bonds is 1. The monoisotopic (exact) mass is 226 g/mol. The standard InChI is InChI=1S/C9H7ClN2O3/c1-14-7(13)4-3-6-5-11-9(10)12-8(6)15-2/h5H,1-2H3.